The molecule has 0 aliphatic carbocycles. The summed E-state index contributed by atoms with van der Waals surface area (Å²) in [5, 5.41) is 0. The maximum absolute atomic E-state index is 12.0. The first-order chi connectivity index (χ1) is 9.55. The number of benzene rings is 2. The quantitative estimate of drug-likeness (QED) is 0.781. The number of ether oxygens (including phenoxy) is 2. The van der Waals surface area contributed by atoms with Crippen molar-refractivity contribution in [2.24, 2.45) is 0 Å². The van der Waals surface area contributed by atoms with E-state index in [-0.39, 0.29) is 5.97 Å². The highest BCUT2D eigenvalue weighted by Gasteiger charge is 2.34. The molecular weight excluding hydrogens is 252 g/mol. The Morgan fingerprint density at radius 2 is 1.70 bits per heavy atom. The van der Waals surface area contributed by atoms with Gasteiger partial charge < -0.3 is 9.47 Å². The highest BCUT2D eigenvalue weighted by Crippen LogP contribution is 2.35. The highest BCUT2D eigenvalue weighted by molar-refractivity contribution is 5.94. The fourth-order valence-electron chi connectivity index (χ4n) is 2.37. The van der Waals surface area contributed by atoms with E-state index in [1.165, 1.54) is 5.56 Å². The van der Waals surface area contributed by atoms with E-state index >= 15 is 0 Å². The van der Waals surface area contributed by atoms with Crippen molar-refractivity contribution in [2.75, 3.05) is 0 Å². The van der Waals surface area contributed by atoms with Gasteiger partial charge in [-0.15, -0.1) is 0 Å². The van der Waals surface area contributed by atoms with Crippen LogP contribution in [-0.2, 0) is 11.2 Å². The average molecular weight is 268 g/mol. The standard InChI is InChI=1S/C17H16O3/c1-17(2)19-15-13(11-12-7-4-3-5-8-12)9-6-10-14(15)16(18)20-17/h3-10H,11H2,1-2H3. The van der Waals surface area contributed by atoms with Gasteiger partial charge in [-0.2, -0.15) is 0 Å². The second-order valence-corrected chi connectivity index (χ2v) is 5.35. The van der Waals surface area contributed by atoms with Crippen LogP contribution in [0.2, 0.25) is 0 Å². The second-order valence-electron chi connectivity index (χ2n) is 5.35. The minimum atomic E-state index is -0.920. The number of hydrogen-bond donors (Lipinski definition) is 0. The van der Waals surface area contributed by atoms with E-state index in [0.717, 1.165) is 12.0 Å². The van der Waals surface area contributed by atoms with Crippen LogP contribution in [-0.4, -0.2) is 11.8 Å². The molecule has 20 heavy (non-hydrogen) atoms. The molecular formula is C17H16O3. The molecule has 3 heteroatoms. The maximum atomic E-state index is 12.0. The predicted octanol–water partition coefficient (Wildman–Crippen LogP) is 3.56. The number of rotatable bonds is 2. The zero-order chi connectivity index (χ0) is 14.2. The van der Waals surface area contributed by atoms with Crippen molar-refractivity contribution in [3.8, 4) is 5.75 Å². The molecule has 0 radical (unpaired) electrons. The molecule has 0 spiro atoms. The molecule has 1 aliphatic heterocycles. The molecule has 0 N–H and O–H groups in total. The number of esters is 1. The van der Waals surface area contributed by atoms with E-state index in [1.807, 2.05) is 30.3 Å². The van der Waals surface area contributed by atoms with Crippen LogP contribution in [0.5, 0.6) is 5.75 Å². The summed E-state index contributed by atoms with van der Waals surface area (Å²) < 4.78 is 11.1. The number of fused-ring (bicyclic) bond motifs is 1. The lowest BCUT2D eigenvalue weighted by molar-refractivity contribution is -0.127. The van der Waals surface area contributed by atoms with Crippen LogP contribution < -0.4 is 4.74 Å². The lowest BCUT2D eigenvalue weighted by Crippen LogP contribution is -2.39. The van der Waals surface area contributed by atoms with Crippen LogP contribution in [0.15, 0.2) is 48.5 Å². The predicted molar refractivity (Wildman–Crippen MR) is 75.8 cm³/mol. The molecule has 0 bridgehead atoms. The van der Waals surface area contributed by atoms with Gasteiger partial charge in [0.15, 0.2) is 0 Å². The van der Waals surface area contributed by atoms with Gasteiger partial charge in [0, 0.05) is 20.3 Å². The van der Waals surface area contributed by atoms with Gasteiger partial charge in [0.25, 0.3) is 0 Å². The SMILES string of the molecule is CC1(C)OC(=O)c2cccc(Cc3ccccc3)c2O1. The van der Waals surface area contributed by atoms with Crippen molar-refractivity contribution >= 4 is 5.97 Å². The average Bonchev–Trinajstić information content (AvgIpc) is 2.40. The summed E-state index contributed by atoms with van der Waals surface area (Å²) in [5.41, 5.74) is 2.68. The number of para-hydroxylation sites is 1. The number of hydrogen-bond acceptors (Lipinski definition) is 3. The second kappa shape index (κ2) is 4.67. The molecule has 0 aromatic heterocycles. The molecule has 0 fully saturated rings. The molecule has 0 amide bonds. The van der Waals surface area contributed by atoms with Crippen molar-refractivity contribution in [1.29, 1.82) is 0 Å². The first-order valence-corrected chi connectivity index (χ1v) is 6.63. The topological polar surface area (TPSA) is 35.5 Å². The molecule has 3 rings (SSSR count). The van der Waals surface area contributed by atoms with Gasteiger partial charge in [-0.25, -0.2) is 4.79 Å². The summed E-state index contributed by atoms with van der Waals surface area (Å²) in [6, 6.07) is 15.7. The van der Waals surface area contributed by atoms with E-state index in [0.29, 0.717) is 11.3 Å². The zero-order valence-electron chi connectivity index (χ0n) is 11.6. The smallest absolute Gasteiger partial charge is 0.345 e. The Bertz CT molecular complexity index is 645. The van der Waals surface area contributed by atoms with E-state index in [2.05, 4.69) is 12.1 Å². The van der Waals surface area contributed by atoms with Crippen molar-refractivity contribution in [2.45, 2.75) is 26.1 Å². The molecule has 2 aromatic rings. The van der Waals surface area contributed by atoms with Gasteiger partial charge in [-0.05, 0) is 17.2 Å². The first-order valence-electron chi connectivity index (χ1n) is 6.63. The van der Waals surface area contributed by atoms with Crippen LogP contribution >= 0.6 is 0 Å². The number of carbonyl (C=O) groups excluding carboxylic acids is 1. The Labute approximate surface area is 118 Å². The molecule has 102 valence electrons. The van der Waals surface area contributed by atoms with E-state index in [1.54, 1.807) is 19.9 Å². The summed E-state index contributed by atoms with van der Waals surface area (Å²) in [5.74, 6) is -0.611. The molecule has 1 heterocycles. The summed E-state index contributed by atoms with van der Waals surface area (Å²) in [6.07, 6.45) is 0.730. The Balaban J connectivity index is 2.01. The van der Waals surface area contributed by atoms with Gasteiger partial charge in [-0.1, -0.05) is 42.5 Å². The molecule has 0 atom stereocenters. The van der Waals surface area contributed by atoms with Crippen LogP contribution in [0, 0.1) is 0 Å². The van der Waals surface area contributed by atoms with E-state index in [4.69, 9.17) is 9.47 Å². The molecule has 0 saturated carbocycles. The van der Waals surface area contributed by atoms with Gasteiger partial charge in [-0.3, -0.25) is 0 Å². The Hall–Kier alpha value is -2.29. The summed E-state index contributed by atoms with van der Waals surface area (Å²) >= 11 is 0. The molecule has 2 aromatic carbocycles. The molecule has 0 unspecified atom stereocenters. The molecule has 3 nitrogen and oxygen atoms in total. The van der Waals surface area contributed by atoms with Crippen molar-refractivity contribution < 1.29 is 14.3 Å². The van der Waals surface area contributed by atoms with Gasteiger partial charge in [0.05, 0.1) is 0 Å². The minimum absolute atomic E-state index is 0.328. The summed E-state index contributed by atoms with van der Waals surface area (Å²) in [6.45, 7) is 3.49. The van der Waals surface area contributed by atoms with Crippen LogP contribution in [0.3, 0.4) is 0 Å². The lowest BCUT2D eigenvalue weighted by atomic mass is 10.0. The fraction of sp³-hybridized carbons (Fsp3) is 0.235. The minimum Gasteiger partial charge on any atom is -0.452 e. The highest BCUT2D eigenvalue weighted by atomic mass is 16.7. The monoisotopic (exact) mass is 268 g/mol. The molecule has 0 saturated heterocycles. The zero-order valence-corrected chi connectivity index (χ0v) is 11.6. The van der Waals surface area contributed by atoms with Crippen LogP contribution in [0.25, 0.3) is 0 Å². The van der Waals surface area contributed by atoms with Gasteiger partial charge >= 0.3 is 5.97 Å². The maximum Gasteiger partial charge on any atom is 0.345 e. The van der Waals surface area contributed by atoms with Gasteiger partial charge in [0.1, 0.15) is 11.3 Å². The third kappa shape index (κ3) is 2.39. The third-order valence-corrected chi connectivity index (χ3v) is 3.24. The Morgan fingerprint density at radius 3 is 2.45 bits per heavy atom. The van der Waals surface area contributed by atoms with Crippen molar-refractivity contribution in [3.63, 3.8) is 0 Å². The number of cyclic esters (lactones) is 1. The molecule has 1 aliphatic rings. The fourth-order valence-corrected chi connectivity index (χ4v) is 2.37. The lowest BCUT2D eigenvalue weighted by Gasteiger charge is -2.32. The van der Waals surface area contributed by atoms with E-state index in [9.17, 15) is 4.79 Å². The van der Waals surface area contributed by atoms with E-state index < -0.39 is 5.79 Å². The van der Waals surface area contributed by atoms with Gasteiger partial charge in [0.2, 0.25) is 5.79 Å². The third-order valence-electron chi connectivity index (χ3n) is 3.24. The van der Waals surface area contributed by atoms with Crippen molar-refractivity contribution in [3.05, 3.63) is 65.2 Å². The summed E-state index contributed by atoms with van der Waals surface area (Å²) in [4.78, 5) is 12.0. The number of carbonyl (C=O) groups is 1. The Kier molecular flexibility index (Phi) is 2.97. The van der Waals surface area contributed by atoms with Crippen LogP contribution in [0.1, 0.15) is 35.3 Å². The van der Waals surface area contributed by atoms with Crippen molar-refractivity contribution in [1.82, 2.24) is 0 Å². The largest absolute Gasteiger partial charge is 0.452 e. The van der Waals surface area contributed by atoms with Crippen LogP contribution in [0.4, 0.5) is 0 Å². The summed E-state index contributed by atoms with van der Waals surface area (Å²) in [7, 11) is 0. The Morgan fingerprint density at radius 1 is 0.950 bits per heavy atom. The first kappa shape index (κ1) is 12.7. The normalized spacial score (nSPS) is 16.0.